The second-order valence-corrected chi connectivity index (χ2v) is 4.16. The number of carboxylic acid groups (broad SMARTS) is 1. The van der Waals surface area contributed by atoms with Crippen molar-refractivity contribution in [2.45, 2.75) is 32.3 Å². The molecule has 1 unspecified atom stereocenters. The minimum Gasteiger partial charge on any atom is -0.479 e. The standard InChI is InChI=1S/C14H18O5/c1-3-9-5-4-6-10(7-8-11(15)19-2)12(9)13(16)14(17)18/h4-6,13,16H,3,7-8H2,1-2H3,(H,17,18). The molecule has 0 spiro atoms. The van der Waals surface area contributed by atoms with Gasteiger partial charge in [-0.1, -0.05) is 25.1 Å². The maximum Gasteiger partial charge on any atom is 0.337 e. The number of benzene rings is 1. The van der Waals surface area contributed by atoms with Crippen LogP contribution >= 0.6 is 0 Å². The van der Waals surface area contributed by atoms with Gasteiger partial charge in [0.1, 0.15) is 0 Å². The van der Waals surface area contributed by atoms with E-state index in [1.54, 1.807) is 18.2 Å². The topological polar surface area (TPSA) is 83.8 Å². The van der Waals surface area contributed by atoms with Crippen LogP contribution < -0.4 is 0 Å². The third kappa shape index (κ3) is 3.79. The van der Waals surface area contributed by atoms with E-state index in [1.807, 2.05) is 6.92 Å². The molecule has 19 heavy (non-hydrogen) atoms. The first-order chi connectivity index (χ1) is 9.01. The molecule has 0 saturated heterocycles. The average Bonchev–Trinajstić information content (AvgIpc) is 2.43. The van der Waals surface area contributed by atoms with Crippen molar-refractivity contribution in [2.75, 3.05) is 7.11 Å². The van der Waals surface area contributed by atoms with Crippen molar-refractivity contribution in [3.05, 3.63) is 34.9 Å². The molecule has 5 heteroatoms. The quantitative estimate of drug-likeness (QED) is 0.762. The number of methoxy groups -OCH3 is 1. The molecule has 0 saturated carbocycles. The molecule has 0 aliphatic rings. The summed E-state index contributed by atoms with van der Waals surface area (Å²) in [7, 11) is 1.30. The number of hydrogen-bond donors (Lipinski definition) is 2. The van der Waals surface area contributed by atoms with Gasteiger partial charge in [-0.25, -0.2) is 4.79 Å². The molecule has 5 nitrogen and oxygen atoms in total. The van der Waals surface area contributed by atoms with Crippen molar-refractivity contribution in [3.8, 4) is 0 Å². The zero-order valence-electron chi connectivity index (χ0n) is 11.0. The van der Waals surface area contributed by atoms with Gasteiger partial charge < -0.3 is 14.9 Å². The number of carbonyl (C=O) groups excluding carboxylic acids is 1. The van der Waals surface area contributed by atoms with Crippen LogP contribution in [0.4, 0.5) is 0 Å². The van der Waals surface area contributed by atoms with E-state index in [-0.39, 0.29) is 12.4 Å². The largest absolute Gasteiger partial charge is 0.479 e. The lowest BCUT2D eigenvalue weighted by atomic mass is 9.92. The van der Waals surface area contributed by atoms with Gasteiger partial charge in [-0.3, -0.25) is 4.79 Å². The Labute approximate surface area is 111 Å². The van der Waals surface area contributed by atoms with Crippen LogP contribution in [0.15, 0.2) is 18.2 Å². The molecule has 0 radical (unpaired) electrons. The predicted molar refractivity (Wildman–Crippen MR) is 68.8 cm³/mol. The monoisotopic (exact) mass is 266 g/mol. The highest BCUT2D eigenvalue weighted by atomic mass is 16.5. The molecule has 0 aliphatic heterocycles. The number of aliphatic carboxylic acids is 1. The number of carbonyl (C=O) groups is 2. The fraction of sp³-hybridized carbons (Fsp3) is 0.429. The molecule has 0 fully saturated rings. The van der Waals surface area contributed by atoms with Gasteiger partial charge in [0.05, 0.1) is 7.11 Å². The summed E-state index contributed by atoms with van der Waals surface area (Å²) in [6.45, 7) is 1.89. The van der Waals surface area contributed by atoms with Crippen molar-refractivity contribution in [2.24, 2.45) is 0 Å². The molecule has 0 amide bonds. The lowest BCUT2D eigenvalue weighted by Crippen LogP contribution is -2.16. The Balaban J connectivity index is 3.08. The van der Waals surface area contributed by atoms with E-state index in [1.165, 1.54) is 7.11 Å². The molecule has 0 bridgehead atoms. The van der Waals surface area contributed by atoms with Crippen LogP contribution in [0.2, 0.25) is 0 Å². The Kier molecular flexibility index (Phi) is 5.51. The fourth-order valence-corrected chi connectivity index (χ4v) is 2.01. The summed E-state index contributed by atoms with van der Waals surface area (Å²) >= 11 is 0. The smallest absolute Gasteiger partial charge is 0.337 e. The Morgan fingerprint density at radius 1 is 1.32 bits per heavy atom. The molecule has 1 aromatic rings. The highest BCUT2D eigenvalue weighted by Gasteiger charge is 2.22. The summed E-state index contributed by atoms with van der Waals surface area (Å²) in [6, 6.07) is 5.30. The minimum atomic E-state index is -1.57. The van der Waals surface area contributed by atoms with Crippen LogP contribution in [-0.4, -0.2) is 29.3 Å². The zero-order chi connectivity index (χ0) is 14.4. The summed E-state index contributed by atoms with van der Waals surface area (Å²) in [5.74, 6) is -1.65. The van der Waals surface area contributed by atoms with Crippen LogP contribution in [0.5, 0.6) is 0 Å². The van der Waals surface area contributed by atoms with Crippen LogP contribution in [0.3, 0.4) is 0 Å². The van der Waals surface area contributed by atoms with Crippen LogP contribution in [0.25, 0.3) is 0 Å². The normalized spacial score (nSPS) is 11.9. The van der Waals surface area contributed by atoms with E-state index in [4.69, 9.17) is 5.11 Å². The van der Waals surface area contributed by atoms with Gasteiger partial charge in [-0.05, 0) is 29.5 Å². The second kappa shape index (κ2) is 6.89. The Morgan fingerprint density at radius 3 is 2.47 bits per heavy atom. The molecule has 0 aliphatic carbocycles. The van der Waals surface area contributed by atoms with Gasteiger partial charge >= 0.3 is 11.9 Å². The molecular weight excluding hydrogens is 248 g/mol. The highest BCUT2D eigenvalue weighted by molar-refractivity contribution is 5.75. The average molecular weight is 266 g/mol. The first kappa shape index (κ1) is 15.2. The van der Waals surface area contributed by atoms with E-state index in [9.17, 15) is 14.7 Å². The second-order valence-electron chi connectivity index (χ2n) is 4.16. The first-order valence-corrected chi connectivity index (χ1v) is 6.09. The summed E-state index contributed by atoms with van der Waals surface area (Å²) in [5.41, 5.74) is 1.83. The predicted octanol–water partition coefficient (Wildman–Crippen LogP) is 1.47. The zero-order valence-corrected chi connectivity index (χ0v) is 11.0. The van der Waals surface area contributed by atoms with E-state index >= 15 is 0 Å². The minimum absolute atomic E-state index is 0.156. The molecule has 1 rings (SSSR count). The number of aliphatic hydroxyl groups excluding tert-OH is 1. The first-order valence-electron chi connectivity index (χ1n) is 6.09. The van der Waals surface area contributed by atoms with Crippen molar-refractivity contribution < 1.29 is 24.5 Å². The SMILES string of the molecule is CCc1cccc(CCC(=O)OC)c1C(O)C(=O)O. The highest BCUT2D eigenvalue weighted by Crippen LogP contribution is 2.25. The van der Waals surface area contributed by atoms with Gasteiger partial charge in [-0.2, -0.15) is 0 Å². The van der Waals surface area contributed by atoms with Gasteiger partial charge in [0.25, 0.3) is 0 Å². The molecular formula is C14H18O5. The van der Waals surface area contributed by atoms with Crippen molar-refractivity contribution in [1.82, 2.24) is 0 Å². The van der Waals surface area contributed by atoms with E-state index in [0.717, 1.165) is 5.56 Å². The van der Waals surface area contributed by atoms with E-state index in [0.29, 0.717) is 24.0 Å². The van der Waals surface area contributed by atoms with Gasteiger partial charge in [0, 0.05) is 6.42 Å². The summed E-state index contributed by atoms with van der Waals surface area (Å²) in [6.07, 6.45) is -0.446. The van der Waals surface area contributed by atoms with Gasteiger partial charge in [0.2, 0.25) is 0 Å². The number of rotatable bonds is 6. The number of aliphatic hydroxyl groups is 1. The van der Waals surface area contributed by atoms with E-state index in [2.05, 4.69) is 4.74 Å². The maximum atomic E-state index is 11.2. The number of ether oxygens (including phenoxy) is 1. The molecule has 1 aromatic carbocycles. The lowest BCUT2D eigenvalue weighted by Gasteiger charge is -2.16. The van der Waals surface area contributed by atoms with Gasteiger partial charge in [0.15, 0.2) is 6.10 Å². The molecule has 2 N–H and O–H groups in total. The van der Waals surface area contributed by atoms with Crippen molar-refractivity contribution in [1.29, 1.82) is 0 Å². The molecule has 0 heterocycles. The van der Waals surface area contributed by atoms with Crippen LogP contribution in [0.1, 0.15) is 36.1 Å². The Hall–Kier alpha value is -1.88. The van der Waals surface area contributed by atoms with Gasteiger partial charge in [-0.15, -0.1) is 0 Å². The summed E-state index contributed by atoms with van der Waals surface area (Å²) in [4.78, 5) is 22.1. The number of carboxylic acids is 1. The van der Waals surface area contributed by atoms with Crippen molar-refractivity contribution in [3.63, 3.8) is 0 Å². The third-order valence-electron chi connectivity index (χ3n) is 3.00. The Morgan fingerprint density at radius 2 is 1.95 bits per heavy atom. The summed E-state index contributed by atoms with van der Waals surface area (Å²) in [5, 5.41) is 18.8. The van der Waals surface area contributed by atoms with Crippen LogP contribution in [-0.2, 0) is 27.2 Å². The van der Waals surface area contributed by atoms with Crippen LogP contribution in [0, 0.1) is 0 Å². The number of hydrogen-bond acceptors (Lipinski definition) is 4. The molecule has 104 valence electrons. The maximum absolute atomic E-state index is 11.2. The van der Waals surface area contributed by atoms with Crippen molar-refractivity contribution >= 4 is 11.9 Å². The Bertz CT molecular complexity index is 467. The number of esters is 1. The molecule has 1 atom stereocenters. The third-order valence-corrected chi connectivity index (χ3v) is 3.00. The van der Waals surface area contributed by atoms with E-state index < -0.39 is 12.1 Å². The lowest BCUT2D eigenvalue weighted by molar-refractivity contribution is -0.147. The number of aryl methyl sites for hydroxylation is 2. The summed E-state index contributed by atoms with van der Waals surface area (Å²) < 4.78 is 4.56. The fourth-order valence-electron chi connectivity index (χ4n) is 2.01. The molecule has 0 aromatic heterocycles.